The van der Waals surface area contributed by atoms with Gasteiger partial charge in [-0.05, 0) is 50.6 Å². The van der Waals surface area contributed by atoms with Gasteiger partial charge in [0.25, 0.3) is 5.91 Å². The average Bonchev–Trinajstić information content (AvgIpc) is 2.81. The SMILES string of the molecule is CC(C)OCCCNC(=O)C(=O)N/N=C\c1cc(Cl)ccc1OCC(=O)Nc1cccc(Cl)c1Cl. The van der Waals surface area contributed by atoms with Crippen LogP contribution in [0.2, 0.25) is 15.1 Å². The highest BCUT2D eigenvalue weighted by Gasteiger charge is 2.13. The van der Waals surface area contributed by atoms with Gasteiger partial charge in [0.05, 0.1) is 28.1 Å². The van der Waals surface area contributed by atoms with E-state index >= 15 is 0 Å². The summed E-state index contributed by atoms with van der Waals surface area (Å²) < 4.78 is 10.9. The van der Waals surface area contributed by atoms with Gasteiger partial charge in [-0.3, -0.25) is 14.4 Å². The Labute approximate surface area is 218 Å². The molecule has 0 radical (unpaired) electrons. The number of hydrogen-bond acceptors (Lipinski definition) is 6. The summed E-state index contributed by atoms with van der Waals surface area (Å²) in [6.07, 6.45) is 1.91. The molecule has 12 heteroatoms. The molecule has 0 atom stereocenters. The van der Waals surface area contributed by atoms with Crippen molar-refractivity contribution in [2.45, 2.75) is 26.4 Å². The van der Waals surface area contributed by atoms with Crippen molar-refractivity contribution in [3.8, 4) is 5.75 Å². The molecular weight excluding hydrogens is 519 g/mol. The minimum Gasteiger partial charge on any atom is -0.483 e. The van der Waals surface area contributed by atoms with Gasteiger partial charge in [0.15, 0.2) is 6.61 Å². The van der Waals surface area contributed by atoms with E-state index in [9.17, 15) is 14.4 Å². The van der Waals surface area contributed by atoms with E-state index in [0.717, 1.165) is 0 Å². The lowest BCUT2D eigenvalue weighted by Crippen LogP contribution is -2.38. The second-order valence-corrected chi connectivity index (χ2v) is 8.57. The van der Waals surface area contributed by atoms with E-state index in [1.807, 2.05) is 13.8 Å². The fraction of sp³-hybridized carbons (Fsp3) is 0.304. The predicted molar refractivity (Wildman–Crippen MR) is 136 cm³/mol. The van der Waals surface area contributed by atoms with Gasteiger partial charge < -0.3 is 20.1 Å². The van der Waals surface area contributed by atoms with Crippen LogP contribution in [0.15, 0.2) is 41.5 Å². The quantitative estimate of drug-likeness (QED) is 0.171. The van der Waals surface area contributed by atoms with Crippen LogP contribution in [-0.2, 0) is 19.1 Å². The second kappa shape index (κ2) is 14.5. The zero-order chi connectivity index (χ0) is 25.8. The normalized spacial score (nSPS) is 10.9. The van der Waals surface area contributed by atoms with Crippen molar-refractivity contribution in [2.24, 2.45) is 5.10 Å². The minimum atomic E-state index is -0.937. The molecule has 35 heavy (non-hydrogen) atoms. The van der Waals surface area contributed by atoms with Gasteiger partial charge in [-0.2, -0.15) is 5.10 Å². The van der Waals surface area contributed by atoms with Crippen molar-refractivity contribution in [1.82, 2.24) is 10.7 Å². The first kappa shape index (κ1) is 28.4. The van der Waals surface area contributed by atoms with Crippen LogP contribution < -0.4 is 20.8 Å². The molecule has 0 fully saturated rings. The number of nitrogens with one attached hydrogen (secondary N) is 3. The Kier molecular flexibility index (Phi) is 11.8. The maximum Gasteiger partial charge on any atom is 0.329 e. The number of nitrogens with zero attached hydrogens (tertiary/aromatic N) is 1. The van der Waals surface area contributed by atoms with E-state index in [1.165, 1.54) is 18.3 Å². The van der Waals surface area contributed by atoms with Gasteiger partial charge in [-0.1, -0.05) is 40.9 Å². The number of ether oxygens (including phenoxy) is 2. The Morgan fingerprint density at radius 1 is 1.09 bits per heavy atom. The van der Waals surface area contributed by atoms with Crippen LogP contribution in [0.1, 0.15) is 25.8 Å². The van der Waals surface area contributed by atoms with E-state index in [0.29, 0.717) is 34.3 Å². The number of hydrogen-bond donors (Lipinski definition) is 3. The Bertz CT molecular complexity index is 1080. The Balaban J connectivity index is 1.88. The average molecular weight is 544 g/mol. The van der Waals surface area contributed by atoms with E-state index in [-0.39, 0.29) is 30.0 Å². The number of halogens is 3. The van der Waals surface area contributed by atoms with Crippen LogP contribution in [0.5, 0.6) is 5.75 Å². The van der Waals surface area contributed by atoms with Gasteiger partial charge in [-0.15, -0.1) is 0 Å². The molecule has 0 bridgehead atoms. The molecule has 0 aliphatic heterocycles. The minimum absolute atomic E-state index is 0.0968. The van der Waals surface area contributed by atoms with Crippen molar-refractivity contribution >= 4 is 64.4 Å². The molecule has 2 rings (SSSR count). The summed E-state index contributed by atoms with van der Waals surface area (Å²) in [6.45, 7) is 4.23. The molecule has 3 amide bonds. The molecule has 9 nitrogen and oxygen atoms in total. The molecule has 2 aromatic rings. The number of anilines is 1. The van der Waals surface area contributed by atoms with E-state index in [1.54, 1.807) is 24.3 Å². The largest absolute Gasteiger partial charge is 0.483 e. The number of hydrazone groups is 1. The zero-order valence-electron chi connectivity index (χ0n) is 19.1. The van der Waals surface area contributed by atoms with Crippen LogP contribution in [0.3, 0.4) is 0 Å². The summed E-state index contributed by atoms with van der Waals surface area (Å²) in [6, 6.07) is 9.47. The smallest absolute Gasteiger partial charge is 0.329 e. The van der Waals surface area contributed by atoms with Gasteiger partial charge in [-0.25, -0.2) is 5.43 Å². The Hall–Kier alpha value is -2.85. The second-order valence-electron chi connectivity index (χ2n) is 7.35. The highest BCUT2D eigenvalue weighted by Crippen LogP contribution is 2.29. The molecule has 0 saturated carbocycles. The lowest BCUT2D eigenvalue weighted by atomic mass is 10.2. The number of benzene rings is 2. The van der Waals surface area contributed by atoms with E-state index < -0.39 is 17.7 Å². The monoisotopic (exact) mass is 542 g/mol. The first-order valence-electron chi connectivity index (χ1n) is 10.6. The Morgan fingerprint density at radius 2 is 1.86 bits per heavy atom. The number of carbonyl (C=O) groups is 3. The van der Waals surface area contributed by atoms with Crippen molar-refractivity contribution in [3.05, 3.63) is 57.0 Å². The molecule has 0 heterocycles. The lowest BCUT2D eigenvalue weighted by molar-refractivity contribution is -0.139. The summed E-state index contributed by atoms with van der Waals surface area (Å²) in [4.78, 5) is 36.0. The van der Waals surface area contributed by atoms with E-state index in [2.05, 4.69) is 21.2 Å². The fourth-order valence-electron chi connectivity index (χ4n) is 2.57. The van der Waals surface area contributed by atoms with Crippen LogP contribution >= 0.6 is 34.8 Å². The standard InChI is InChI=1S/C23H25Cl3N4O5/c1-14(2)34-10-4-9-27-22(32)23(33)30-28-12-15-11-16(24)7-8-19(15)35-13-20(31)29-18-6-3-5-17(25)21(18)26/h3,5-8,11-12,14H,4,9-10,13H2,1-2H3,(H,27,32)(H,29,31)(H,30,33)/b28-12-. The Morgan fingerprint density at radius 3 is 2.60 bits per heavy atom. The maximum absolute atomic E-state index is 12.3. The van der Waals surface area contributed by atoms with Crippen molar-refractivity contribution < 1.29 is 23.9 Å². The van der Waals surface area contributed by atoms with Gasteiger partial charge in [0, 0.05) is 23.7 Å². The summed E-state index contributed by atoms with van der Waals surface area (Å²) in [5.41, 5.74) is 2.85. The third kappa shape index (κ3) is 10.1. The lowest BCUT2D eigenvalue weighted by Gasteiger charge is -2.11. The summed E-state index contributed by atoms with van der Waals surface area (Å²) in [5.74, 6) is -1.97. The number of carbonyl (C=O) groups excluding carboxylic acids is 3. The topological polar surface area (TPSA) is 118 Å². The molecule has 2 aromatic carbocycles. The van der Waals surface area contributed by atoms with Crippen molar-refractivity contribution in [2.75, 3.05) is 25.1 Å². The molecule has 0 unspecified atom stereocenters. The summed E-state index contributed by atoms with van der Waals surface area (Å²) >= 11 is 18.0. The molecular formula is C23H25Cl3N4O5. The molecule has 0 spiro atoms. The summed E-state index contributed by atoms with van der Waals surface area (Å²) in [7, 11) is 0. The van der Waals surface area contributed by atoms with Crippen molar-refractivity contribution in [1.29, 1.82) is 0 Å². The van der Waals surface area contributed by atoms with Crippen LogP contribution in [0.4, 0.5) is 5.69 Å². The third-order valence-corrected chi connectivity index (χ3v) is 5.24. The molecule has 0 aromatic heterocycles. The molecule has 188 valence electrons. The third-order valence-electron chi connectivity index (χ3n) is 4.19. The molecule has 3 N–H and O–H groups in total. The van der Waals surface area contributed by atoms with Gasteiger partial charge in [0.2, 0.25) is 0 Å². The highest BCUT2D eigenvalue weighted by molar-refractivity contribution is 6.44. The fourth-order valence-corrected chi connectivity index (χ4v) is 3.09. The highest BCUT2D eigenvalue weighted by atomic mass is 35.5. The van der Waals surface area contributed by atoms with Crippen LogP contribution in [-0.4, -0.2) is 49.8 Å². The van der Waals surface area contributed by atoms with Crippen LogP contribution in [0.25, 0.3) is 0 Å². The maximum atomic E-state index is 12.3. The number of rotatable bonds is 11. The zero-order valence-corrected chi connectivity index (χ0v) is 21.3. The first-order valence-corrected chi connectivity index (χ1v) is 11.7. The number of amides is 3. The molecule has 0 aliphatic carbocycles. The van der Waals surface area contributed by atoms with Crippen molar-refractivity contribution in [3.63, 3.8) is 0 Å². The van der Waals surface area contributed by atoms with Gasteiger partial charge in [0.1, 0.15) is 5.75 Å². The van der Waals surface area contributed by atoms with Gasteiger partial charge >= 0.3 is 11.8 Å². The van der Waals surface area contributed by atoms with E-state index in [4.69, 9.17) is 44.3 Å². The predicted octanol–water partition coefficient (Wildman–Crippen LogP) is 4.05. The van der Waals surface area contributed by atoms with Crippen LogP contribution in [0, 0.1) is 0 Å². The summed E-state index contributed by atoms with van der Waals surface area (Å²) in [5, 5.41) is 9.74. The first-order chi connectivity index (χ1) is 16.7. The molecule has 0 aliphatic rings. The molecule has 0 saturated heterocycles.